The number of nitrogen functional groups attached to an aromatic ring is 1. The van der Waals surface area contributed by atoms with Gasteiger partial charge in [-0.25, -0.2) is 0 Å². The van der Waals surface area contributed by atoms with Crippen molar-refractivity contribution in [2.45, 2.75) is 19.3 Å². The third-order valence-electron chi connectivity index (χ3n) is 5.24. The van der Waals surface area contributed by atoms with Crippen LogP contribution in [0.3, 0.4) is 0 Å². The monoisotopic (exact) mass is 408 g/mol. The highest BCUT2D eigenvalue weighted by Gasteiger charge is 2.26. The van der Waals surface area contributed by atoms with Gasteiger partial charge < -0.3 is 20.6 Å². The molecule has 1 heterocycles. The number of carbonyl (C=O) groups is 3. The first-order valence-corrected chi connectivity index (χ1v) is 9.61. The number of benzene rings is 1. The molecule has 3 rings (SSSR count). The second kappa shape index (κ2) is 8.77. The molecule has 0 radical (unpaired) electrons. The average Bonchev–Trinajstić information content (AvgIpc) is 2.89. The van der Waals surface area contributed by atoms with Gasteiger partial charge in [0.05, 0.1) is 6.42 Å². The maximum absolute atomic E-state index is 13.0. The number of carboxylic acids is 1. The molecule has 1 aromatic carbocycles. The first-order chi connectivity index (χ1) is 14.3. The summed E-state index contributed by atoms with van der Waals surface area (Å²) >= 11 is 0. The predicted molar refractivity (Wildman–Crippen MR) is 113 cm³/mol. The number of anilines is 1. The lowest BCUT2D eigenvalue weighted by atomic mass is 9.88. The number of nitrogens with one attached hydrogen (secondary N) is 1. The summed E-state index contributed by atoms with van der Waals surface area (Å²) in [6.45, 7) is 0.105. The molecule has 1 aromatic rings. The zero-order valence-electron chi connectivity index (χ0n) is 16.7. The molecule has 1 aliphatic heterocycles. The van der Waals surface area contributed by atoms with Gasteiger partial charge in [-0.15, -0.1) is 0 Å². The second-order valence-corrected chi connectivity index (χ2v) is 7.29. The third kappa shape index (κ3) is 4.65. The lowest BCUT2D eigenvalue weighted by molar-refractivity contribution is -0.137. The van der Waals surface area contributed by atoms with E-state index in [1.807, 2.05) is 6.08 Å². The quantitative estimate of drug-likeness (QED) is 0.490. The van der Waals surface area contributed by atoms with E-state index >= 15 is 0 Å². The van der Waals surface area contributed by atoms with Gasteiger partial charge >= 0.3 is 5.97 Å². The van der Waals surface area contributed by atoms with Crippen molar-refractivity contribution in [2.75, 3.05) is 18.5 Å². The smallest absolute Gasteiger partial charge is 0.305 e. The summed E-state index contributed by atoms with van der Waals surface area (Å²) in [5.74, 6) is -1.32. The van der Waals surface area contributed by atoms with E-state index in [0.717, 1.165) is 5.57 Å². The highest BCUT2D eigenvalue weighted by atomic mass is 16.4. The Morgan fingerprint density at radius 3 is 2.63 bits per heavy atom. The fourth-order valence-corrected chi connectivity index (χ4v) is 3.45. The zero-order valence-corrected chi connectivity index (χ0v) is 16.7. The van der Waals surface area contributed by atoms with Crippen molar-refractivity contribution in [3.8, 4) is 0 Å². The van der Waals surface area contributed by atoms with Gasteiger partial charge in [-0.2, -0.15) is 0 Å². The Labute approximate surface area is 174 Å². The van der Waals surface area contributed by atoms with Crippen LogP contribution in [0.15, 0.2) is 59.8 Å². The molecule has 1 unspecified atom stereocenters. The molecule has 30 heavy (non-hydrogen) atoms. The zero-order chi connectivity index (χ0) is 21.8. The fraction of sp³-hybridized carbons (Fsp3) is 0.273. The summed E-state index contributed by atoms with van der Waals surface area (Å²) in [5.41, 5.74) is 8.00. The lowest BCUT2D eigenvalue weighted by Gasteiger charge is -2.22. The van der Waals surface area contributed by atoms with Crippen LogP contribution in [-0.2, 0) is 14.4 Å². The van der Waals surface area contributed by atoms with Gasteiger partial charge in [0.25, 0.3) is 5.91 Å². The number of nitrogens with zero attached hydrogens (tertiary/aromatic N) is 2. The minimum absolute atomic E-state index is 0.0143. The van der Waals surface area contributed by atoms with Crippen LogP contribution in [0.2, 0.25) is 0 Å². The van der Waals surface area contributed by atoms with Gasteiger partial charge in [0.2, 0.25) is 5.91 Å². The summed E-state index contributed by atoms with van der Waals surface area (Å²) in [5, 5.41) is 16.4. The normalized spacial score (nSPS) is 18.1. The van der Waals surface area contributed by atoms with Crippen LogP contribution < -0.4 is 10.6 Å². The number of hydrogen-bond acceptors (Lipinski definition) is 4. The van der Waals surface area contributed by atoms with E-state index in [2.05, 4.69) is 0 Å². The van der Waals surface area contributed by atoms with Gasteiger partial charge in [-0.1, -0.05) is 12.2 Å². The van der Waals surface area contributed by atoms with Crippen molar-refractivity contribution < 1.29 is 19.5 Å². The summed E-state index contributed by atoms with van der Waals surface area (Å²) in [6.07, 6.45) is 7.92. The van der Waals surface area contributed by atoms with Crippen molar-refractivity contribution in [3.05, 3.63) is 65.4 Å². The number of allylic oxidation sites excluding steroid dienone is 3. The summed E-state index contributed by atoms with van der Waals surface area (Å²) < 4.78 is 0. The number of amides is 2. The van der Waals surface area contributed by atoms with Crippen molar-refractivity contribution in [3.63, 3.8) is 0 Å². The number of rotatable bonds is 6. The van der Waals surface area contributed by atoms with Gasteiger partial charge in [-0.05, 0) is 42.3 Å². The largest absolute Gasteiger partial charge is 0.481 e. The van der Waals surface area contributed by atoms with Gasteiger partial charge in [0.15, 0.2) is 0 Å². The van der Waals surface area contributed by atoms with E-state index in [0.29, 0.717) is 29.7 Å². The first-order valence-electron chi connectivity index (χ1n) is 9.61. The van der Waals surface area contributed by atoms with Gasteiger partial charge in [0, 0.05) is 49.0 Å². The second-order valence-electron chi connectivity index (χ2n) is 7.29. The Kier molecular flexibility index (Phi) is 6.15. The van der Waals surface area contributed by atoms with Crippen LogP contribution in [0.25, 0.3) is 0 Å². The molecule has 0 fully saturated rings. The average molecular weight is 408 g/mol. The third-order valence-corrected chi connectivity index (χ3v) is 5.24. The molecule has 8 heteroatoms. The van der Waals surface area contributed by atoms with Crippen LogP contribution in [0.5, 0.6) is 0 Å². The molecule has 0 saturated carbocycles. The summed E-state index contributed by atoms with van der Waals surface area (Å²) in [4.78, 5) is 39.1. The Hall–Kier alpha value is -3.68. The predicted octanol–water partition coefficient (Wildman–Crippen LogP) is 2.03. The number of carbonyl (C=O) groups excluding carboxylic acids is 2. The molecule has 8 nitrogen and oxygen atoms in total. The molecule has 4 N–H and O–H groups in total. The standard InChI is InChI=1S/C22H24N4O4/c1-25(18-7-4-15(5-8-18)21(23)24)22(30)16-3-2-14-6-9-19(27)26(11-10-20(28)29)13-17(14)12-16/h2-5,7-8,12-14H,6,9-11H2,1H3,(H3,23,24)(H,28,29). The van der Waals surface area contributed by atoms with E-state index in [-0.39, 0.29) is 36.5 Å². The molecule has 2 amide bonds. The Bertz CT molecular complexity index is 975. The highest BCUT2D eigenvalue weighted by Crippen LogP contribution is 2.31. The van der Waals surface area contributed by atoms with Gasteiger partial charge in [-0.3, -0.25) is 19.8 Å². The molecule has 0 bridgehead atoms. The molecule has 0 aromatic heterocycles. The Morgan fingerprint density at radius 2 is 2.00 bits per heavy atom. The van der Waals surface area contributed by atoms with Crippen molar-refractivity contribution in [1.82, 2.24) is 4.90 Å². The minimum atomic E-state index is -0.964. The van der Waals surface area contributed by atoms with E-state index in [9.17, 15) is 14.4 Å². The molecule has 1 aliphatic carbocycles. The maximum atomic E-state index is 13.0. The SMILES string of the molecule is CN(C(=O)C1=CC2=CN(CCC(=O)O)C(=O)CCC2C=C1)c1ccc(C(=N)N)cc1. The van der Waals surface area contributed by atoms with E-state index in [1.54, 1.807) is 49.7 Å². The number of carboxylic acid groups (broad SMARTS) is 1. The van der Waals surface area contributed by atoms with E-state index in [1.165, 1.54) is 9.80 Å². The van der Waals surface area contributed by atoms with Crippen molar-refractivity contribution in [2.24, 2.45) is 11.7 Å². The van der Waals surface area contributed by atoms with Gasteiger partial charge in [0.1, 0.15) is 5.84 Å². The van der Waals surface area contributed by atoms with E-state index in [4.69, 9.17) is 16.2 Å². The number of amidine groups is 1. The minimum Gasteiger partial charge on any atom is -0.481 e. The molecular weight excluding hydrogens is 384 g/mol. The number of nitrogens with two attached hydrogens (primary N) is 1. The molecule has 1 atom stereocenters. The van der Waals surface area contributed by atoms with Crippen LogP contribution >= 0.6 is 0 Å². The number of fused-ring (bicyclic) bond motifs is 1. The van der Waals surface area contributed by atoms with Crippen molar-refractivity contribution >= 4 is 29.3 Å². The lowest BCUT2D eigenvalue weighted by Crippen LogP contribution is -2.28. The Balaban J connectivity index is 1.82. The summed E-state index contributed by atoms with van der Waals surface area (Å²) in [6, 6.07) is 6.81. The maximum Gasteiger partial charge on any atom is 0.305 e. The number of aliphatic carboxylic acids is 1. The van der Waals surface area contributed by atoms with Crippen LogP contribution in [0.4, 0.5) is 5.69 Å². The topological polar surface area (TPSA) is 128 Å². The molecule has 0 spiro atoms. The highest BCUT2D eigenvalue weighted by molar-refractivity contribution is 6.08. The number of hydrogen-bond donors (Lipinski definition) is 3. The fourth-order valence-electron chi connectivity index (χ4n) is 3.45. The molecular formula is C22H24N4O4. The van der Waals surface area contributed by atoms with E-state index < -0.39 is 5.97 Å². The van der Waals surface area contributed by atoms with Crippen molar-refractivity contribution in [1.29, 1.82) is 5.41 Å². The van der Waals surface area contributed by atoms with Crippen LogP contribution in [-0.4, -0.2) is 47.2 Å². The molecule has 2 aliphatic rings. The first kappa shape index (κ1) is 21.0. The Morgan fingerprint density at radius 1 is 1.30 bits per heavy atom. The van der Waals surface area contributed by atoms with Crippen LogP contribution in [0.1, 0.15) is 24.8 Å². The summed E-state index contributed by atoms with van der Waals surface area (Å²) in [7, 11) is 1.66. The number of likely N-dealkylation sites (N-methyl/N-ethyl adjacent to an activating group) is 1. The van der Waals surface area contributed by atoms with Crippen LogP contribution in [0, 0.1) is 11.3 Å². The molecule has 156 valence electrons. The molecule has 0 saturated heterocycles.